The van der Waals surface area contributed by atoms with Crippen LogP contribution < -0.4 is 10.6 Å². The first-order valence-corrected chi connectivity index (χ1v) is 13.7. The lowest BCUT2D eigenvalue weighted by Gasteiger charge is -2.35. The van der Waals surface area contributed by atoms with Gasteiger partial charge in [0, 0.05) is 48.6 Å². The van der Waals surface area contributed by atoms with Gasteiger partial charge in [-0.3, -0.25) is 39.1 Å². The van der Waals surface area contributed by atoms with Gasteiger partial charge in [0.25, 0.3) is 11.8 Å². The van der Waals surface area contributed by atoms with E-state index in [0.29, 0.717) is 24.1 Å². The molecule has 2 aliphatic carbocycles. The van der Waals surface area contributed by atoms with Crippen molar-refractivity contribution in [3.8, 4) is 11.3 Å². The van der Waals surface area contributed by atoms with Crippen molar-refractivity contribution in [3.63, 3.8) is 0 Å². The molecule has 2 N–H and O–H groups in total. The van der Waals surface area contributed by atoms with Crippen LogP contribution in [0.3, 0.4) is 0 Å². The number of aromatic nitrogens is 3. The molecule has 1 aromatic carbocycles. The molecule has 40 heavy (non-hydrogen) atoms. The smallest absolute Gasteiger partial charge is 0.262 e. The van der Waals surface area contributed by atoms with E-state index < -0.39 is 29.7 Å². The average Bonchev–Trinajstić information content (AvgIpc) is 3.62. The number of carbonyl (C=O) groups is 4. The minimum absolute atomic E-state index is 0.0857. The summed E-state index contributed by atoms with van der Waals surface area (Å²) in [6, 6.07) is 7.11. The van der Waals surface area contributed by atoms with E-state index in [9.17, 15) is 23.6 Å². The summed E-state index contributed by atoms with van der Waals surface area (Å²) in [5.41, 5.74) is 3.77. The van der Waals surface area contributed by atoms with Gasteiger partial charge in [-0.1, -0.05) is 0 Å². The standard InChI is InChI=1S/C29H27FN6O4/c30-17-7-8-31-23(11-17)22-14-35(34-26(22)16-1-2-16)19-9-15(10-19)13-32-18-3-4-20-21(12-18)29(40)36(28(20)39)24-5-6-25(37)33-27(24)38/h3-4,7-8,11-12,14-16,19,24,32H,1-2,5-6,9-10,13H2,(H,33,37,38)/t15-,19-,24?. The number of carbonyl (C=O) groups excluding carboxylic acids is 4. The van der Waals surface area contributed by atoms with Crippen LogP contribution in [0, 0.1) is 11.7 Å². The fraction of sp³-hybridized carbons (Fsp3) is 0.379. The molecule has 3 aromatic rings. The first-order chi connectivity index (χ1) is 19.4. The summed E-state index contributed by atoms with van der Waals surface area (Å²) in [5.74, 6) is -1.54. The average molecular weight is 543 g/mol. The molecule has 0 bridgehead atoms. The summed E-state index contributed by atoms with van der Waals surface area (Å²) in [7, 11) is 0. The number of hydrogen-bond acceptors (Lipinski definition) is 7. The van der Waals surface area contributed by atoms with Crippen LogP contribution in [0.1, 0.15) is 76.9 Å². The van der Waals surface area contributed by atoms with E-state index >= 15 is 0 Å². The summed E-state index contributed by atoms with van der Waals surface area (Å²) >= 11 is 0. The number of rotatable bonds is 7. The first kappa shape index (κ1) is 24.6. The van der Waals surface area contributed by atoms with Gasteiger partial charge in [-0.25, -0.2) is 4.39 Å². The van der Waals surface area contributed by atoms with Crippen LogP contribution in [0.4, 0.5) is 10.1 Å². The van der Waals surface area contributed by atoms with E-state index in [1.807, 2.05) is 10.9 Å². The minimum Gasteiger partial charge on any atom is -0.385 e. The monoisotopic (exact) mass is 542 g/mol. The third-order valence-electron chi connectivity index (χ3n) is 8.34. The maximum absolute atomic E-state index is 13.8. The fourth-order valence-electron chi connectivity index (χ4n) is 5.93. The Balaban J connectivity index is 0.989. The zero-order valence-electron chi connectivity index (χ0n) is 21.6. The number of nitrogens with one attached hydrogen (secondary N) is 2. The molecule has 11 heteroatoms. The van der Waals surface area contributed by atoms with E-state index in [1.165, 1.54) is 18.3 Å². The van der Waals surface area contributed by atoms with Crippen LogP contribution in [0.2, 0.25) is 0 Å². The Labute approximate surface area is 228 Å². The highest BCUT2D eigenvalue weighted by Gasteiger charge is 2.44. The lowest BCUT2D eigenvalue weighted by Crippen LogP contribution is -2.54. The predicted octanol–water partition coefficient (Wildman–Crippen LogP) is 3.43. The summed E-state index contributed by atoms with van der Waals surface area (Å²) < 4.78 is 15.8. The Hall–Kier alpha value is -4.41. The van der Waals surface area contributed by atoms with Crippen LogP contribution in [0.25, 0.3) is 11.3 Å². The molecule has 204 valence electrons. The molecule has 4 amide bonds. The van der Waals surface area contributed by atoms with Gasteiger partial charge in [-0.2, -0.15) is 5.10 Å². The van der Waals surface area contributed by atoms with E-state index in [4.69, 9.17) is 5.10 Å². The van der Waals surface area contributed by atoms with E-state index in [2.05, 4.69) is 15.6 Å². The highest BCUT2D eigenvalue weighted by atomic mass is 19.1. The number of anilines is 1. The summed E-state index contributed by atoms with van der Waals surface area (Å²) in [5, 5.41) is 10.5. The Kier molecular flexibility index (Phi) is 5.76. The number of halogens is 1. The maximum Gasteiger partial charge on any atom is 0.262 e. The second kappa shape index (κ2) is 9.35. The Morgan fingerprint density at radius 3 is 2.52 bits per heavy atom. The summed E-state index contributed by atoms with van der Waals surface area (Å²) in [6.45, 7) is 0.698. The molecule has 1 atom stereocenters. The second-order valence-electron chi connectivity index (χ2n) is 11.1. The van der Waals surface area contributed by atoms with Crippen LogP contribution in [0.5, 0.6) is 0 Å². The molecular weight excluding hydrogens is 515 g/mol. The Morgan fingerprint density at radius 2 is 1.77 bits per heavy atom. The zero-order chi connectivity index (χ0) is 27.5. The number of amides is 4. The number of piperidine rings is 1. The third kappa shape index (κ3) is 4.25. The normalized spacial score (nSPS) is 24.1. The molecule has 2 aliphatic heterocycles. The number of imide groups is 2. The minimum atomic E-state index is -0.978. The lowest BCUT2D eigenvalue weighted by atomic mass is 9.80. The first-order valence-electron chi connectivity index (χ1n) is 13.7. The molecule has 0 spiro atoms. The number of hydrogen-bond donors (Lipinski definition) is 2. The molecular formula is C29H27FN6O4. The van der Waals surface area contributed by atoms with Crippen molar-refractivity contribution < 1.29 is 23.6 Å². The Bertz CT molecular complexity index is 1570. The van der Waals surface area contributed by atoms with Crippen LogP contribution in [0.15, 0.2) is 42.7 Å². The topological polar surface area (TPSA) is 126 Å². The number of nitrogens with zero attached hydrogens (tertiary/aromatic N) is 4. The van der Waals surface area contributed by atoms with E-state index in [1.54, 1.807) is 18.2 Å². The van der Waals surface area contributed by atoms with Gasteiger partial charge in [0.1, 0.15) is 11.9 Å². The molecule has 1 saturated heterocycles. The van der Waals surface area contributed by atoms with Crippen LogP contribution in [-0.4, -0.2) is 55.9 Å². The van der Waals surface area contributed by atoms with Crippen molar-refractivity contribution in [2.45, 2.75) is 56.5 Å². The predicted molar refractivity (Wildman–Crippen MR) is 141 cm³/mol. The second-order valence-corrected chi connectivity index (χ2v) is 11.1. The van der Waals surface area contributed by atoms with Crippen molar-refractivity contribution in [1.29, 1.82) is 0 Å². The van der Waals surface area contributed by atoms with Crippen LogP contribution >= 0.6 is 0 Å². The summed E-state index contributed by atoms with van der Waals surface area (Å²) in [4.78, 5) is 55.1. The quantitative estimate of drug-likeness (QED) is 0.438. The number of pyridine rings is 1. The van der Waals surface area contributed by atoms with Gasteiger partial charge < -0.3 is 5.32 Å². The van der Waals surface area contributed by atoms with Crippen LogP contribution in [-0.2, 0) is 9.59 Å². The van der Waals surface area contributed by atoms with Crippen molar-refractivity contribution >= 4 is 29.3 Å². The molecule has 0 radical (unpaired) electrons. The van der Waals surface area contributed by atoms with Gasteiger partial charge in [0.2, 0.25) is 11.8 Å². The molecule has 2 aromatic heterocycles. The largest absolute Gasteiger partial charge is 0.385 e. The zero-order valence-corrected chi connectivity index (χ0v) is 21.6. The van der Waals surface area contributed by atoms with E-state index in [0.717, 1.165) is 47.5 Å². The SMILES string of the molecule is O=C1CCC(N2C(=O)c3ccc(NC[C@H]4C[C@H](n5cc(-c6cc(F)ccn6)c(C6CC6)n5)C4)cc3C2=O)C(=O)N1. The van der Waals surface area contributed by atoms with Crippen molar-refractivity contribution in [3.05, 3.63) is 65.4 Å². The van der Waals surface area contributed by atoms with Crippen molar-refractivity contribution in [2.75, 3.05) is 11.9 Å². The van der Waals surface area contributed by atoms with Gasteiger partial charge >= 0.3 is 0 Å². The van der Waals surface area contributed by atoms with Crippen molar-refractivity contribution in [2.24, 2.45) is 5.92 Å². The number of benzene rings is 1. The molecule has 4 heterocycles. The fourth-order valence-corrected chi connectivity index (χ4v) is 5.93. The number of fused-ring (bicyclic) bond motifs is 1. The third-order valence-corrected chi connectivity index (χ3v) is 8.34. The van der Waals surface area contributed by atoms with Gasteiger partial charge in [0.15, 0.2) is 0 Å². The molecule has 7 rings (SSSR count). The molecule has 2 saturated carbocycles. The van der Waals surface area contributed by atoms with Gasteiger partial charge in [0.05, 0.1) is 28.6 Å². The molecule has 1 unspecified atom stereocenters. The molecule has 10 nitrogen and oxygen atoms in total. The lowest BCUT2D eigenvalue weighted by molar-refractivity contribution is -0.136. The van der Waals surface area contributed by atoms with E-state index in [-0.39, 0.29) is 35.8 Å². The Morgan fingerprint density at radius 1 is 0.975 bits per heavy atom. The van der Waals surface area contributed by atoms with Crippen molar-refractivity contribution in [1.82, 2.24) is 25.0 Å². The van der Waals surface area contributed by atoms with Gasteiger partial charge in [-0.15, -0.1) is 0 Å². The highest BCUT2D eigenvalue weighted by molar-refractivity contribution is 6.23. The van der Waals surface area contributed by atoms with Gasteiger partial charge in [-0.05, 0) is 62.3 Å². The maximum atomic E-state index is 13.8. The molecule has 4 aliphatic rings. The molecule has 3 fully saturated rings. The highest BCUT2D eigenvalue weighted by Crippen LogP contribution is 2.45. The summed E-state index contributed by atoms with van der Waals surface area (Å²) in [6.07, 6.45) is 7.75.